The summed E-state index contributed by atoms with van der Waals surface area (Å²) in [4.78, 5) is 13.3. The molecule has 1 aliphatic rings. The maximum atomic E-state index is 11.8. The first kappa shape index (κ1) is 15.7. The van der Waals surface area contributed by atoms with Crippen LogP contribution in [0.15, 0.2) is 12.1 Å². The first-order valence-electron chi connectivity index (χ1n) is 7.93. The molecule has 1 aromatic rings. The van der Waals surface area contributed by atoms with Crippen LogP contribution in [-0.4, -0.2) is 41.1 Å². The Bertz CT molecular complexity index is 452. The van der Waals surface area contributed by atoms with Gasteiger partial charge in [0, 0.05) is 20.1 Å². The minimum atomic E-state index is -0.117. The van der Waals surface area contributed by atoms with Gasteiger partial charge in [-0.3, -0.25) is 4.79 Å². The zero-order valence-corrected chi connectivity index (χ0v) is 13.3. The fourth-order valence-electron chi connectivity index (χ4n) is 3.03. The molecule has 1 unspecified atom stereocenters. The number of nitrogens with one attached hydrogen (secondary N) is 1. The average Bonchev–Trinajstić information content (AvgIpc) is 2.53. The van der Waals surface area contributed by atoms with Crippen LogP contribution in [0, 0.1) is 5.92 Å². The Morgan fingerprint density at radius 2 is 2.00 bits per heavy atom. The normalized spacial score (nSPS) is 17.3. The summed E-state index contributed by atoms with van der Waals surface area (Å²) < 4.78 is 0. The number of hydrogen-bond donors (Lipinski definition) is 1. The molecule has 1 N–H and O–H groups in total. The number of carbonyl (C=O) groups is 1. The zero-order valence-electron chi connectivity index (χ0n) is 13.3. The third-order valence-corrected chi connectivity index (χ3v) is 4.28. The molecule has 0 aromatic carbocycles. The van der Waals surface area contributed by atoms with E-state index >= 15 is 0 Å². The monoisotopic (exact) mass is 290 g/mol. The van der Waals surface area contributed by atoms with E-state index in [-0.39, 0.29) is 5.91 Å². The molecule has 5 heteroatoms. The third-order valence-electron chi connectivity index (χ3n) is 4.28. The Morgan fingerprint density at radius 1 is 1.29 bits per heavy atom. The summed E-state index contributed by atoms with van der Waals surface area (Å²) in [5.41, 5.74) is 0.385. The predicted octanol–water partition coefficient (Wildman–Crippen LogP) is 2.95. The summed E-state index contributed by atoms with van der Waals surface area (Å²) in [7, 11) is 3.43. The van der Waals surface area contributed by atoms with E-state index in [2.05, 4.69) is 22.4 Å². The molecule has 1 fully saturated rings. The molecule has 0 saturated heterocycles. The van der Waals surface area contributed by atoms with E-state index in [4.69, 9.17) is 0 Å². The van der Waals surface area contributed by atoms with Crippen LogP contribution >= 0.6 is 0 Å². The summed E-state index contributed by atoms with van der Waals surface area (Å²) in [5.74, 6) is 1.38. The summed E-state index contributed by atoms with van der Waals surface area (Å²) in [6, 6.07) is 4.05. The van der Waals surface area contributed by atoms with E-state index in [1.54, 1.807) is 20.2 Å². The minimum Gasteiger partial charge on any atom is -0.366 e. The largest absolute Gasteiger partial charge is 0.366 e. The second-order valence-corrected chi connectivity index (χ2v) is 6.06. The van der Waals surface area contributed by atoms with Crippen molar-refractivity contribution in [3.05, 3.63) is 17.8 Å². The van der Waals surface area contributed by atoms with E-state index in [9.17, 15) is 4.79 Å². The topological polar surface area (TPSA) is 58.1 Å². The average molecular weight is 290 g/mol. The summed E-state index contributed by atoms with van der Waals surface area (Å²) >= 11 is 0. The van der Waals surface area contributed by atoms with Crippen molar-refractivity contribution >= 4 is 11.7 Å². The standard InChI is InChI=1S/C16H26N4O/c1-4-13(12-8-6-5-7-9-12)17-15-11-10-14(18-19-15)16(21)20(2)3/h10-13H,4-9H2,1-3H3,(H,17,19). The summed E-state index contributed by atoms with van der Waals surface area (Å²) in [6.07, 6.45) is 7.74. The summed E-state index contributed by atoms with van der Waals surface area (Å²) in [6.45, 7) is 2.21. The zero-order chi connectivity index (χ0) is 15.2. The molecule has 1 amide bonds. The Kier molecular flexibility index (Phi) is 5.53. The highest BCUT2D eigenvalue weighted by atomic mass is 16.2. The van der Waals surface area contributed by atoms with Crippen LogP contribution in [-0.2, 0) is 0 Å². The number of amides is 1. The van der Waals surface area contributed by atoms with Gasteiger partial charge in [-0.05, 0) is 37.3 Å². The molecule has 0 bridgehead atoms. The lowest BCUT2D eigenvalue weighted by molar-refractivity contribution is 0.0821. The molecule has 1 saturated carbocycles. The third kappa shape index (κ3) is 4.16. The van der Waals surface area contributed by atoms with Crippen molar-refractivity contribution in [2.45, 2.75) is 51.5 Å². The van der Waals surface area contributed by atoms with Gasteiger partial charge in [-0.25, -0.2) is 0 Å². The molecule has 1 atom stereocenters. The lowest BCUT2D eigenvalue weighted by Gasteiger charge is -2.30. The van der Waals surface area contributed by atoms with Crippen LogP contribution in [0.4, 0.5) is 5.82 Å². The van der Waals surface area contributed by atoms with Gasteiger partial charge in [-0.15, -0.1) is 10.2 Å². The van der Waals surface area contributed by atoms with Crippen molar-refractivity contribution in [3.63, 3.8) is 0 Å². The van der Waals surface area contributed by atoms with Crippen LogP contribution in [0.25, 0.3) is 0 Å². The van der Waals surface area contributed by atoms with Gasteiger partial charge in [0.2, 0.25) is 0 Å². The Balaban J connectivity index is 1.99. The molecule has 5 nitrogen and oxygen atoms in total. The highest BCUT2D eigenvalue weighted by Gasteiger charge is 2.22. The minimum absolute atomic E-state index is 0.117. The number of nitrogens with zero attached hydrogens (tertiary/aromatic N) is 3. The van der Waals surface area contributed by atoms with Crippen molar-refractivity contribution < 1.29 is 4.79 Å². The second-order valence-electron chi connectivity index (χ2n) is 6.06. The number of hydrogen-bond acceptors (Lipinski definition) is 4. The second kappa shape index (κ2) is 7.38. The SMILES string of the molecule is CCC(Nc1ccc(C(=O)N(C)C)nn1)C1CCCCC1. The number of aromatic nitrogens is 2. The lowest BCUT2D eigenvalue weighted by atomic mass is 9.83. The van der Waals surface area contributed by atoms with Crippen molar-refractivity contribution in [1.82, 2.24) is 15.1 Å². The molecule has 21 heavy (non-hydrogen) atoms. The molecular formula is C16H26N4O. The summed E-state index contributed by atoms with van der Waals surface area (Å²) in [5, 5.41) is 11.7. The van der Waals surface area contributed by atoms with Gasteiger partial charge in [-0.2, -0.15) is 0 Å². The fraction of sp³-hybridized carbons (Fsp3) is 0.688. The molecule has 0 aliphatic heterocycles. The molecule has 1 heterocycles. The molecule has 0 spiro atoms. The van der Waals surface area contributed by atoms with Gasteiger partial charge >= 0.3 is 0 Å². The molecule has 0 radical (unpaired) electrons. The van der Waals surface area contributed by atoms with E-state index in [1.165, 1.54) is 37.0 Å². The lowest BCUT2D eigenvalue weighted by Crippen LogP contribution is -2.30. The van der Waals surface area contributed by atoms with Crippen molar-refractivity contribution in [2.75, 3.05) is 19.4 Å². The van der Waals surface area contributed by atoms with Gasteiger partial charge in [0.1, 0.15) is 5.82 Å². The Labute approximate surface area is 127 Å². The maximum Gasteiger partial charge on any atom is 0.273 e. The van der Waals surface area contributed by atoms with Gasteiger partial charge in [0.25, 0.3) is 5.91 Å². The van der Waals surface area contributed by atoms with Gasteiger partial charge in [-0.1, -0.05) is 26.2 Å². The molecule has 2 rings (SSSR count). The number of anilines is 1. The Morgan fingerprint density at radius 3 is 2.52 bits per heavy atom. The molecule has 1 aliphatic carbocycles. The van der Waals surface area contributed by atoms with E-state index in [0.717, 1.165) is 18.2 Å². The van der Waals surface area contributed by atoms with Crippen LogP contribution < -0.4 is 5.32 Å². The predicted molar refractivity (Wildman–Crippen MR) is 84.3 cm³/mol. The van der Waals surface area contributed by atoms with Crippen LogP contribution in [0.1, 0.15) is 55.9 Å². The number of rotatable bonds is 5. The quantitative estimate of drug-likeness (QED) is 0.906. The van der Waals surface area contributed by atoms with Gasteiger partial charge < -0.3 is 10.2 Å². The number of carbonyl (C=O) groups excluding carboxylic acids is 1. The highest BCUT2D eigenvalue weighted by Crippen LogP contribution is 2.29. The maximum absolute atomic E-state index is 11.8. The van der Waals surface area contributed by atoms with Crippen LogP contribution in [0.2, 0.25) is 0 Å². The molecular weight excluding hydrogens is 264 g/mol. The van der Waals surface area contributed by atoms with Crippen molar-refractivity contribution in [2.24, 2.45) is 5.92 Å². The van der Waals surface area contributed by atoms with Gasteiger partial charge in [0.05, 0.1) is 0 Å². The molecule has 116 valence electrons. The van der Waals surface area contributed by atoms with Crippen LogP contribution in [0.5, 0.6) is 0 Å². The van der Waals surface area contributed by atoms with Gasteiger partial charge in [0.15, 0.2) is 5.69 Å². The molecule has 1 aromatic heterocycles. The van der Waals surface area contributed by atoms with Crippen molar-refractivity contribution in [3.8, 4) is 0 Å². The smallest absolute Gasteiger partial charge is 0.273 e. The fourth-order valence-corrected chi connectivity index (χ4v) is 3.03. The van der Waals surface area contributed by atoms with E-state index in [1.807, 2.05) is 6.07 Å². The van der Waals surface area contributed by atoms with Crippen molar-refractivity contribution in [1.29, 1.82) is 0 Å². The van der Waals surface area contributed by atoms with E-state index in [0.29, 0.717) is 11.7 Å². The highest BCUT2D eigenvalue weighted by molar-refractivity contribution is 5.91. The Hall–Kier alpha value is -1.65. The van der Waals surface area contributed by atoms with Crippen LogP contribution in [0.3, 0.4) is 0 Å². The van der Waals surface area contributed by atoms with E-state index < -0.39 is 0 Å². The first-order chi connectivity index (χ1) is 10.1. The first-order valence-corrected chi connectivity index (χ1v) is 7.93.